The fourth-order valence-corrected chi connectivity index (χ4v) is 2.13. The summed E-state index contributed by atoms with van der Waals surface area (Å²) in [4.78, 5) is 0. The average molecular weight is 251 g/mol. The van der Waals surface area contributed by atoms with Gasteiger partial charge in [0.2, 0.25) is 0 Å². The summed E-state index contributed by atoms with van der Waals surface area (Å²) < 4.78 is 31.7. The van der Waals surface area contributed by atoms with Crippen molar-refractivity contribution in [2.24, 2.45) is 0 Å². The van der Waals surface area contributed by atoms with E-state index >= 15 is 0 Å². The van der Waals surface area contributed by atoms with E-state index in [4.69, 9.17) is 4.42 Å². The lowest BCUT2D eigenvalue weighted by Gasteiger charge is -2.16. The van der Waals surface area contributed by atoms with Crippen molar-refractivity contribution in [1.82, 2.24) is 5.32 Å². The van der Waals surface area contributed by atoms with E-state index in [0.29, 0.717) is 5.56 Å². The monoisotopic (exact) mass is 251 g/mol. The van der Waals surface area contributed by atoms with Crippen molar-refractivity contribution in [3.63, 3.8) is 0 Å². The average Bonchev–Trinajstić information content (AvgIpc) is 2.64. The first-order valence-corrected chi connectivity index (χ1v) is 5.72. The van der Waals surface area contributed by atoms with Gasteiger partial charge in [0, 0.05) is 5.56 Å². The smallest absolute Gasteiger partial charge is 0.159 e. The van der Waals surface area contributed by atoms with Crippen LogP contribution < -0.4 is 5.32 Å². The Labute approximate surface area is 105 Å². The molecular formula is C14H15F2NO. The molecule has 1 N–H and O–H groups in total. The third-order valence-corrected chi connectivity index (χ3v) is 2.96. The zero-order valence-corrected chi connectivity index (χ0v) is 10.6. The van der Waals surface area contributed by atoms with Gasteiger partial charge in [-0.15, -0.1) is 0 Å². The molecule has 0 spiro atoms. The van der Waals surface area contributed by atoms with E-state index in [9.17, 15) is 8.78 Å². The van der Waals surface area contributed by atoms with E-state index in [2.05, 4.69) is 5.32 Å². The van der Waals surface area contributed by atoms with Gasteiger partial charge in [-0.1, -0.05) is 6.07 Å². The van der Waals surface area contributed by atoms with Gasteiger partial charge >= 0.3 is 0 Å². The number of halogens is 2. The molecule has 2 aromatic rings. The third-order valence-electron chi connectivity index (χ3n) is 2.96. The Bertz CT molecular complexity index is 563. The SMILES string of the molecule is CNC(c1ccc(F)c(F)c1)c1cc(C)oc1C. The van der Waals surface area contributed by atoms with E-state index < -0.39 is 11.6 Å². The minimum Gasteiger partial charge on any atom is -0.466 e. The Balaban J connectivity index is 2.45. The number of nitrogens with one attached hydrogen (secondary N) is 1. The van der Waals surface area contributed by atoms with E-state index in [0.717, 1.165) is 23.2 Å². The lowest BCUT2D eigenvalue weighted by atomic mass is 9.99. The molecule has 96 valence electrons. The maximum atomic E-state index is 13.3. The van der Waals surface area contributed by atoms with E-state index in [-0.39, 0.29) is 6.04 Å². The first kappa shape index (κ1) is 12.8. The summed E-state index contributed by atoms with van der Waals surface area (Å²) in [7, 11) is 1.77. The highest BCUT2D eigenvalue weighted by molar-refractivity contribution is 5.34. The van der Waals surface area contributed by atoms with Crippen LogP contribution in [0.4, 0.5) is 8.78 Å². The topological polar surface area (TPSA) is 25.2 Å². The predicted octanol–water partition coefficient (Wildman–Crippen LogP) is 3.48. The second kappa shape index (κ2) is 4.90. The molecular weight excluding hydrogens is 236 g/mol. The van der Waals surface area contributed by atoms with Crippen molar-refractivity contribution >= 4 is 0 Å². The molecule has 18 heavy (non-hydrogen) atoms. The Morgan fingerprint density at radius 2 is 1.83 bits per heavy atom. The number of furan rings is 1. The van der Waals surface area contributed by atoms with Crippen LogP contribution in [0.3, 0.4) is 0 Å². The molecule has 1 atom stereocenters. The van der Waals surface area contributed by atoms with Crippen LogP contribution in [-0.4, -0.2) is 7.05 Å². The normalized spacial score (nSPS) is 12.7. The van der Waals surface area contributed by atoms with Crippen LogP contribution in [0.15, 0.2) is 28.7 Å². The molecule has 4 heteroatoms. The summed E-state index contributed by atoms with van der Waals surface area (Å²) in [6.45, 7) is 3.71. The maximum Gasteiger partial charge on any atom is 0.159 e. The fourth-order valence-electron chi connectivity index (χ4n) is 2.13. The van der Waals surface area contributed by atoms with Crippen molar-refractivity contribution in [3.05, 3.63) is 58.5 Å². The molecule has 0 aliphatic heterocycles. The number of hydrogen-bond acceptors (Lipinski definition) is 2. The molecule has 0 radical (unpaired) electrons. The first-order chi connectivity index (χ1) is 8.52. The summed E-state index contributed by atoms with van der Waals surface area (Å²) >= 11 is 0. The van der Waals surface area contributed by atoms with Crippen molar-refractivity contribution in [2.45, 2.75) is 19.9 Å². The molecule has 0 fully saturated rings. The van der Waals surface area contributed by atoms with Crippen molar-refractivity contribution < 1.29 is 13.2 Å². The van der Waals surface area contributed by atoms with Gasteiger partial charge in [0.1, 0.15) is 11.5 Å². The minimum atomic E-state index is -0.842. The first-order valence-electron chi connectivity index (χ1n) is 5.72. The van der Waals surface area contributed by atoms with Crippen LogP contribution >= 0.6 is 0 Å². The molecule has 0 aliphatic carbocycles. The Morgan fingerprint density at radius 1 is 1.11 bits per heavy atom. The van der Waals surface area contributed by atoms with Gasteiger partial charge in [-0.2, -0.15) is 0 Å². The lowest BCUT2D eigenvalue weighted by Crippen LogP contribution is -2.18. The summed E-state index contributed by atoms with van der Waals surface area (Å²) in [6, 6.07) is 5.60. The number of hydrogen-bond donors (Lipinski definition) is 1. The second-order valence-electron chi connectivity index (χ2n) is 4.26. The van der Waals surface area contributed by atoms with Crippen LogP contribution in [0, 0.1) is 25.5 Å². The molecule has 0 saturated heterocycles. The Kier molecular flexibility index (Phi) is 3.48. The second-order valence-corrected chi connectivity index (χ2v) is 4.26. The molecule has 1 unspecified atom stereocenters. The van der Waals surface area contributed by atoms with Crippen molar-refractivity contribution in [2.75, 3.05) is 7.05 Å². The summed E-state index contributed by atoms with van der Waals surface area (Å²) in [5, 5.41) is 3.09. The highest BCUT2D eigenvalue weighted by atomic mass is 19.2. The quantitative estimate of drug-likeness (QED) is 0.903. The zero-order valence-electron chi connectivity index (χ0n) is 10.6. The largest absolute Gasteiger partial charge is 0.466 e. The fraction of sp³-hybridized carbons (Fsp3) is 0.286. The number of benzene rings is 1. The zero-order chi connectivity index (χ0) is 13.3. The van der Waals surface area contributed by atoms with Crippen LogP contribution in [0.1, 0.15) is 28.7 Å². The molecule has 1 aromatic carbocycles. The van der Waals surface area contributed by atoms with Crippen LogP contribution in [0.2, 0.25) is 0 Å². The van der Waals surface area contributed by atoms with Crippen LogP contribution in [0.5, 0.6) is 0 Å². The van der Waals surface area contributed by atoms with E-state index in [1.165, 1.54) is 6.07 Å². The van der Waals surface area contributed by atoms with Crippen LogP contribution in [-0.2, 0) is 0 Å². The van der Waals surface area contributed by atoms with Gasteiger partial charge in [-0.05, 0) is 44.7 Å². The van der Waals surface area contributed by atoms with E-state index in [1.807, 2.05) is 19.9 Å². The minimum absolute atomic E-state index is 0.211. The Hall–Kier alpha value is -1.68. The van der Waals surface area contributed by atoms with Crippen molar-refractivity contribution in [3.8, 4) is 0 Å². The summed E-state index contributed by atoms with van der Waals surface area (Å²) in [6.07, 6.45) is 0. The molecule has 2 rings (SSSR count). The van der Waals surface area contributed by atoms with Crippen molar-refractivity contribution in [1.29, 1.82) is 0 Å². The summed E-state index contributed by atoms with van der Waals surface area (Å²) in [5.74, 6) is -0.110. The Morgan fingerprint density at radius 3 is 2.33 bits per heavy atom. The van der Waals surface area contributed by atoms with E-state index in [1.54, 1.807) is 13.1 Å². The molecule has 2 nitrogen and oxygen atoms in total. The van der Waals surface area contributed by atoms with Gasteiger partial charge in [0.25, 0.3) is 0 Å². The standard InChI is InChI=1S/C14H15F2NO/c1-8-6-11(9(2)18-8)14(17-3)10-4-5-12(15)13(16)7-10/h4-7,14,17H,1-3H3. The molecule has 0 amide bonds. The predicted molar refractivity (Wildman–Crippen MR) is 65.4 cm³/mol. The highest BCUT2D eigenvalue weighted by Crippen LogP contribution is 2.27. The molecule has 0 bridgehead atoms. The molecule has 1 heterocycles. The number of aryl methyl sites for hydroxylation is 2. The summed E-state index contributed by atoms with van der Waals surface area (Å²) in [5.41, 5.74) is 1.60. The lowest BCUT2D eigenvalue weighted by molar-refractivity contribution is 0.494. The maximum absolute atomic E-state index is 13.3. The van der Waals surface area contributed by atoms with Gasteiger partial charge < -0.3 is 9.73 Å². The number of rotatable bonds is 3. The molecule has 0 saturated carbocycles. The van der Waals surface area contributed by atoms with Gasteiger partial charge in [-0.25, -0.2) is 8.78 Å². The third kappa shape index (κ3) is 2.29. The van der Waals surface area contributed by atoms with Crippen LogP contribution in [0.25, 0.3) is 0 Å². The highest BCUT2D eigenvalue weighted by Gasteiger charge is 2.18. The van der Waals surface area contributed by atoms with Gasteiger partial charge in [-0.3, -0.25) is 0 Å². The molecule has 0 aliphatic rings. The van der Waals surface area contributed by atoms with Gasteiger partial charge in [0.05, 0.1) is 6.04 Å². The molecule has 1 aromatic heterocycles. The van der Waals surface area contributed by atoms with Gasteiger partial charge in [0.15, 0.2) is 11.6 Å².